The minimum absolute atomic E-state index is 0.354. The van der Waals surface area contributed by atoms with Crippen LogP contribution >= 0.6 is 0 Å². The van der Waals surface area contributed by atoms with Crippen LogP contribution < -0.4 is 0 Å². The van der Waals surface area contributed by atoms with Gasteiger partial charge in [-0.2, -0.15) is 0 Å². The summed E-state index contributed by atoms with van der Waals surface area (Å²) in [6.45, 7) is 1.94. The van der Waals surface area contributed by atoms with Gasteiger partial charge in [0.1, 0.15) is 6.29 Å². The van der Waals surface area contributed by atoms with E-state index < -0.39 is 6.29 Å². The number of aldehydes is 1. The summed E-state index contributed by atoms with van der Waals surface area (Å²) in [5, 5.41) is 9.49. The molecule has 13 heavy (non-hydrogen) atoms. The molecule has 0 fully saturated rings. The summed E-state index contributed by atoms with van der Waals surface area (Å²) < 4.78 is 4.82. The van der Waals surface area contributed by atoms with Gasteiger partial charge in [0.2, 0.25) is 0 Å². The summed E-state index contributed by atoms with van der Waals surface area (Å²) in [5.74, 6) is 0. The Bertz CT molecular complexity index is 263. The summed E-state index contributed by atoms with van der Waals surface area (Å²) in [6, 6.07) is 0. The Hall–Kier alpha value is -0.930. The third kappa shape index (κ3) is 2.05. The molecule has 0 radical (unpaired) electrons. The summed E-state index contributed by atoms with van der Waals surface area (Å²) in [6.07, 6.45) is 3.06. The molecule has 1 aliphatic carbocycles. The van der Waals surface area contributed by atoms with Crippen LogP contribution in [0.5, 0.6) is 0 Å². The Kier molecular flexibility index (Phi) is 3.39. The highest BCUT2D eigenvalue weighted by atomic mass is 16.6. The first-order chi connectivity index (χ1) is 6.20. The van der Waals surface area contributed by atoms with E-state index in [0.29, 0.717) is 6.42 Å². The van der Waals surface area contributed by atoms with E-state index in [1.54, 1.807) is 0 Å². The normalized spacial score (nSPS) is 18.8. The highest BCUT2D eigenvalue weighted by Crippen LogP contribution is 2.30. The quantitative estimate of drug-likeness (QED) is 0.524. The number of aliphatic hydroxyl groups excluding tert-OH is 1. The number of carbonyl (C=O) groups excluding carboxylic acids is 1. The van der Waals surface area contributed by atoms with Crippen LogP contribution in [0.25, 0.3) is 0 Å². The van der Waals surface area contributed by atoms with Crippen LogP contribution in [0.15, 0.2) is 22.8 Å². The van der Waals surface area contributed by atoms with Crippen LogP contribution in [0.4, 0.5) is 0 Å². The lowest BCUT2D eigenvalue weighted by Gasteiger charge is -2.13. The maximum absolute atomic E-state index is 10.3. The van der Waals surface area contributed by atoms with Gasteiger partial charge in [-0.05, 0) is 18.9 Å². The number of aliphatic hydroxyl groups is 1. The molecular formula is C10H14O3. The maximum Gasteiger partial charge on any atom is 0.181 e. The molecule has 1 aliphatic rings. The van der Waals surface area contributed by atoms with Crippen LogP contribution in [0.1, 0.15) is 19.8 Å². The first-order valence-corrected chi connectivity index (χ1v) is 4.24. The van der Waals surface area contributed by atoms with Gasteiger partial charge in [-0.1, -0.05) is 11.6 Å². The molecule has 0 amide bonds. The van der Waals surface area contributed by atoms with E-state index >= 15 is 0 Å². The molecule has 0 aromatic heterocycles. The summed E-state index contributed by atoms with van der Waals surface area (Å²) in [7, 11) is 1.45. The fraction of sp³-hybridized carbons (Fsp3) is 0.500. The lowest BCUT2D eigenvalue weighted by atomic mass is 10.0. The number of ether oxygens (including phenoxy) is 1. The SMILES string of the molecule is COC(O)C1=C(C)CC=C1CC=O. The van der Waals surface area contributed by atoms with Gasteiger partial charge >= 0.3 is 0 Å². The zero-order valence-corrected chi connectivity index (χ0v) is 7.91. The average molecular weight is 182 g/mol. The third-order valence-electron chi connectivity index (χ3n) is 2.23. The van der Waals surface area contributed by atoms with Crippen molar-refractivity contribution in [2.45, 2.75) is 26.1 Å². The molecular weight excluding hydrogens is 168 g/mol. The molecule has 3 nitrogen and oxygen atoms in total. The van der Waals surface area contributed by atoms with Crippen molar-refractivity contribution in [1.82, 2.24) is 0 Å². The lowest BCUT2D eigenvalue weighted by molar-refractivity contribution is -0.107. The number of hydrogen-bond acceptors (Lipinski definition) is 3. The molecule has 3 heteroatoms. The molecule has 72 valence electrons. The van der Waals surface area contributed by atoms with Gasteiger partial charge < -0.3 is 14.6 Å². The van der Waals surface area contributed by atoms with E-state index in [9.17, 15) is 9.90 Å². The smallest absolute Gasteiger partial charge is 0.181 e. The van der Waals surface area contributed by atoms with Crippen molar-refractivity contribution in [2.75, 3.05) is 7.11 Å². The van der Waals surface area contributed by atoms with Gasteiger partial charge in [-0.3, -0.25) is 0 Å². The Balaban J connectivity index is 2.83. The van der Waals surface area contributed by atoms with Crippen LogP contribution in [0.2, 0.25) is 0 Å². The minimum atomic E-state index is -0.895. The van der Waals surface area contributed by atoms with Gasteiger partial charge in [-0.25, -0.2) is 0 Å². The van der Waals surface area contributed by atoms with Crippen molar-refractivity contribution in [3.63, 3.8) is 0 Å². The van der Waals surface area contributed by atoms with Gasteiger partial charge in [0, 0.05) is 19.1 Å². The molecule has 0 bridgehead atoms. The Labute approximate surface area is 77.7 Å². The second kappa shape index (κ2) is 4.35. The maximum atomic E-state index is 10.3. The topological polar surface area (TPSA) is 46.5 Å². The molecule has 0 aliphatic heterocycles. The average Bonchev–Trinajstić information content (AvgIpc) is 2.47. The van der Waals surface area contributed by atoms with E-state index in [0.717, 1.165) is 29.4 Å². The Morgan fingerprint density at radius 1 is 1.77 bits per heavy atom. The van der Waals surface area contributed by atoms with E-state index in [1.165, 1.54) is 7.11 Å². The van der Waals surface area contributed by atoms with E-state index in [1.807, 2.05) is 13.0 Å². The van der Waals surface area contributed by atoms with Gasteiger partial charge in [0.15, 0.2) is 6.29 Å². The molecule has 0 saturated carbocycles. The van der Waals surface area contributed by atoms with Gasteiger partial charge in [0.05, 0.1) is 0 Å². The molecule has 1 N–H and O–H groups in total. The van der Waals surface area contributed by atoms with Crippen molar-refractivity contribution in [1.29, 1.82) is 0 Å². The number of allylic oxidation sites excluding steroid dienone is 2. The Morgan fingerprint density at radius 3 is 3.00 bits per heavy atom. The second-order valence-corrected chi connectivity index (χ2v) is 3.09. The predicted octanol–water partition coefficient (Wildman–Crippen LogP) is 1.19. The van der Waals surface area contributed by atoms with Crippen LogP contribution in [-0.4, -0.2) is 24.8 Å². The fourth-order valence-electron chi connectivity index (χ4n) is 1.54. The fourth-order valence-corrected chi connectivity index (χ4v) is 1.54. The van der Waals surface area contributed by atoms with E-state index in [4.69, 9.17) is 4.74 Å². The van der Waals surface area contributed by atoms with E-state index in [-0.39, 0.29) is 0 Å². The standard InChI is InChI=1S/C10H14O3/c1-7-3-4-8(5-6-11)9(7)10(12)13-2/h4,6,10,12H,3,5H2,1-2H3. The zero-order valence-electron chi connectivity index (χ0n) is 7.91. The molecule has 0 spiro atoms. The summed E-state index contributed by atoms with van der Waals surface area (Å²) in [4.78, 5) is 10.3. The molecule has 1 unspecified atom stereocenters. The number of methoxy groups -OCH3 is 1. The summed E-state index contributed by atoms with van der Waals surface area (Å²) >= 11 is 0. The number of carbonyl (C=O) groups is 1. The first-order valence-electron chi connectivity index (χ1n) is 4.24. The first kappa shape index (κ1) is 10.2. The highest BCUT2D eigenvalue weighted by Gasteiger charge is 2.20. The number of rotatable bonds is 4. The van der Waals surface area contributed by atoms with Crippen molar-refractivity contribution >= 4 is 6.29 Å². The number of hydrogen-bond donors (Lipinski definition) is 1. The molecule has 0 aromatic carbocycles. The van der Waals surface area contributed by atoms with Crippen molar-refractivity contribution in [3.8, 4) is 0 Å². The van der Waals surface area contributed by atoms with Crippen LogP contribution in [0, 0.1) is 0 Å². The molecule has 0 heterocycles. The Morgan fingerprint density at radius 2 is 2.46 bits per heavy atom. The second-order valence-electron chi connectivity index (χ2n) is 3.09. The van der Waals surface area contributed by atoms with Crippen LogP contribution in [-0.2, 0) is 9.53 Å². The molecule has 0 saturated heterocycles. The van der Waals surface area contributed by atoms with Crippen molar-refractivity contribution in [3.05, 3.63) is 22.8 Å². The van der Waals surface area contributed by atoms with Gasteiger partial charge in [-0.15, -0.1) is 0 Å². The van der Waals surface area contributed by atoms with Crippen molar-refractivity contribution < 1.29 is 14.6 Å². The van der Waals surface area contributed by atoms with Crippen LogP contribution in [0.3, 0.4) is 0 Å². The van der Waals surface area contributed by atoms with Crippen molar-refractivity contribution in [2.24, 2.45) is 0 Å². The molecule has 0 aromatic rings. The monoisotopic (exact) mass is 182 g/mol. The van der Waals surface area contributed by atoms with E-state index in [2.05, 4.69) is 0 Å². The summed E-state index contributed by atoms with van der Waals surface area (Å²) in [5.41, 5.74) is 2.74. The predicted molar refractivity (Wildman–Crippen MR) is 49.1 cm³/mol. The minimum Gasteiger partial charge on any atom is -0.364 e. The zero-order chi connectivity index (χ0) is 9.84. The largest absolute Gasteiger partial charge is 0.364 e. The third-order valence-corrected chi connectivity index (χ3v) is 2.23. The molecule has 1 atom stereocenters. The lowest BCUT2D eigenvalue weighted by Crippen LogP contribution is -2.14. The molecule has 1 rings (SSSR count). The van der Waals surface area contributed by atoms with Gasteiger partial charge in [0.25, 0.3) is 0 Å². The highest BCUT2D eigenvalue weighted by molar-refractivity contribution is 5.60.